The van der Waals surface area contributed by atoms with Gasteiger partial charge in [0.05, 0.1) is 20.0 Å². The Hall–Kier alpha value is -3.67. The van der Waals surface area contributed by atoms with Crippen molar-refractivity contribution in [3.05, 3.63) is 64.9 Å². The molecule has 3 heterocycles. The molecule has 0 unspecified atom stereocenters. The quantitative estimate of drug-likeness (QED) is 0.149. The van der Waals surface area contributed by atoms with E-state index in [1.807, 2.05) is 41.8 Å². The Balaban J connectivity index is 1.35. The van der Waals surface area contributed by atoms with Crippen LogP contribution in [-0.4, -0.2) is 46.6 Å². The number of methoxy groups -OCH3 is 2. The predicted octanol–water partition coefficient (Wildman–Crippen LogP) is 7.00. The standard InChI is InChI=1S/C28H26N4O4S3/c1-16(2)32-25(21-14-37-22-8-6-5-7-19(21)22)30-31-28(32)39-15-23(33)29-26-24(27(34)36-4)20(13-38-26)17-9-11-18(35-3)12-10-17/h5-14,16H,15H2,1-4H3,(H,29,33). The molecule has 39 heavy (non-hydrogen) atoms. The molecule has 0 saturated heterocycles. The lowest BCUT2D eigenvalue weighted by Crippen LogP contribution is -2.16. The second-order valence-corrected chi connectivity index (χ2v) is 11.6. The Morgan fingerprint density at radius 1 is 1.00 bits per heavy atom. The van der Waals surface area contributed by atoms with Crippen molar-refractivity contribution < 1.29 is 19.1 Å². The Morgan fingerprint density at radius 2 is 1.74 bits per heavy atom. The molecule has 1 amide bonds. The van der Waals surface area contributed by atoms with Crippen LogP contribution in [0.1, 0.15) is 30.2 Å². The Kier molecular flexibility index (Phi) is 8.01. The van der Waals surface area contributed by atoms with Gasteiger partial charge in [0, 0.05) is 38.0 Å². The van der Waals surface area contributed by atoms with Crippen molar-refractivity contribution in [1.29, 1.82) is 0 Å². The summed E-state index contributed by atoms with van der Waals surface area (Å²) in [4.78, 5) is 25.7. The third kappa shape index (κ3) is 5.42. The first-order chi connectivity index (χ1) is 18.9. The van der Waals surface area contributed by atoms with E-state index < -0.39 is 5.97 Å². The molecule has 0 atom stereocenters. The molecular weight excluding hydrogens is 553 g/mol. The van der Waals surface area contributed by atoms with Crippen LogP contribution in [-0.2, 0) is 9.53 Å². The maximum Gasteiger partial charge on any atom is 0.341 e. The van der Waals surface area contributed by atoms with Gasteiger partial charge in [-0.1, -0.05) is 42.1 Å². The highest BCUT2D eigenvalue weighted by Crippen LogP contribution is 2.38. The number of fused-ring (bicyclic) bond motifs is 1. The number of benzene rings is 2. The number of amides is 1. The van der Waals surface area contributed by atoms with E-state index in [9.17, 15) is 9.59 Å². The van der Waals surface area contributed by atoms with Crippen molar-refractivity contribution in [2.24, 2.45) is 0 Å². The van der Waals surface area contributed by atoms with Crippen molar-refractivity contribution in [2.45, 2.75) is 25.0 Å². The highest BCUT2D eigenvalue weighted by molar-refractivity contribution is 7.99. The summed E-state index contributed by atoms with van der Waals surface area (Å²) >= 11 is 4.26. The van der Waals surface area contributed by atoms with Crippen LogP contribution in [0.15, 0.2) is 64.4 Å². The Labute approximate surface area is 238 Å². The van der Waals surface area contributed by atoms with Crippen LogP contribution in [0, 0.1) is 0 Å². The zero-order valence-corrected chi connectivity index (χ0v) is 24.2. The summed E-state index contributed by atoms with van der Waals surface area (Å²) in [5.74, 6) is 0.821. The van der Waals surface area contributed by atoms with E-state index in [1.165, 1.54) is 34.9 Å². The van der Waals surface area contributed by atoms with Crippen LogP contribution in [0.3, 0.4) is 0 Å². The zero-order chi connectivity index (χ0) is 27.5. The molecule has 3 aromatic heterocycles. The van der Waals surface area contributed by atoms with Crippen molar-refractivity contribution >= 4 is 61.4 Å². The van der Waals surface area contributed by atoms with Crippen LogP contribution >= 0.6 is 34.4 Å². The minimum atomic E-state index is -0.516. The Bertz CT molecular complexity index is 1640. The highest BCUT2D eigenvalue weighted by atomic mass is 32.2. The van der Waals surface area contributed by atoms with Gasteiger partial charge < -0.3 is 14.8 Å². The summed E-state index contributed by atoms with van der Waals surface area (Å²) in [6.07, 6.45) is 0. The number of rotatable bonds is 9. The topological polar surface area (TPSA) is 95.3 Å². The number of anilines is 1. The normalized spacial score (nSPS) is 11.2. The molecule has 0 aliphatic rings. The molecule has 0 aliphatic heterocycles. The molecule has 0 aliphatic carbocycles. The lowest BCUT2D eigenvalue weighted by Gasteiger charge is -2.13. The van der Waals surface area contributed by atoms with Gasteiger partial charge in [-0.25, -0.2) is 4.79 Å². The number of carbonyl (C=O) groups is 2. The van der Waals surface area contributed by atoms with E-state index in [0.717, 1.165) is 22.3 Å². The second-order valence-electron chi connectivity index (χ2n) is 8.83. The molecule has 0 fully saturated rings. The van der Waals surface area contributed by atoms with E-state index >= 15 is 0 Å². The van der Waals surface area contributed by atoms with E-state index in [2.05, 4.69) is 51.4 Å². The average Bonchev–Trinajstić information content (AvgIpc) is 3.68. The third-order valence-corrected chi connectivity index (χ3v) is 8.87. The molecule has 200 valence electrons. The van der Waals surface area contributed by atoms with Crippen LogP contribution in [0.5, 0.6) is 5.75 Å². The summed E-state index contributed by atoms with van der Waals surface area (Å²) < 4.78 is 13.5. The molecule has 8 nitrogen and oxygen atoms in total. The van der Waals surface area contributed by atoms with Crippen LogP contribution in [0.4, 0.5) is 5.00 Å². The number of esters is 1. The maximum atomic E-state index is 13.0. The highest BCUT2D eigenvalue weighted by Gasteiger charge is 2.24. The van der Waals surface area contributed by atoms with Gasteiger partial charge in [-0.2, -0.15) is 0 Å². The molecular formula is C28H26N4O4S3. The number of thiophene rings is 2. The minimum absolute atomic E-state index is 0.0921. The zero-order valence-electron chi connectivity index (χ0n) is 21.8. The summed E-state index contributed by atoms with van der Waals surface area (Å²) in [5, 5.41) is 18.0. The number of nitrogens with one attached hydrogen (secondary N) is 1. The van der Waals surface area contributed by atoms with E-state index in [-0.39, 0.29) is 17.7 Å². The number of hydrogen-bond acceptors (Lipinski definition) is 9. The van der Waals surface area contributed by atoms with Gasteiger partial charge in [0.25, 0.3) is 0 Å². The monoisotopic (exact) mass is 578 g/mol. The molecule has 0 spiro atoms. The molecule has 0 saturated carbocycles. The van der Waals surface area contributed by atoms with Gasteiger partial charge in [-0.3, -0.25) is 9.36 Å². The largest absolute Gasteiger partial charge is 0.497 e. The Morgan fingerprint density at radius 3 is 2.46 bits per heavy atom. The lowest BCUT2D eigenvalue weighted by atomic mass is 10.0. The molecule has 5 rings (SSSR count). The van der Waals surface area contributed by atoms with Crippen LogP contribution in [0.2, 0.25) is 0 Å². The fraction of sp³-hybridized carbons (Fsp3) is 0.214. The van der Waals surface area contributed by atoms with E-state index in [0.29, 0.717) is 27.0 Å². The second kappa shape index (κ2) is 11.6. The summed E-state index contributed by atoms with van der Waals surface area (Å²) in [6, 6.07) is 15.7. The number of ether oxygens (including phenoxy) is 2. The van der Waals surface area contributed by atoms with Crippen LogP contribution < -0.4 is 10.1 Å². The summed E-state index contributed by atoms with van der Waals surface area (Å²) in [7, 11) is 2.92. The lowest BCUT2D eigenvalue weighted by molar-refractivity contribution is -0.113. The maximum absolute atomic E-state index is 13.0. The number of nitrogens with zero attached hydrogens (tertiary/aromatic N) is 3. The molecule has 5 aromatic rings. The van der Waals surface area contributed by atoms with Gasteiger partial charge in [0.2, 0.25) is 5.91 Å². The summed E-state index contributed by atoms with van der Waals surface area (Å²) in [6.45, 7) is 4.14. The number of carbonyl (C=O) groups excluding carboxylic acids is 2. The predicted molar refractivity (Wildman–Crippen MR) is 158 cm³/mol. The first kappa shape index (κ1) is 26.9. The molecule has 0 radical (unpaired) electrons. The molecule has 0 bridgehead atoms. The van der Waals surface area contributed by atoms with Crippen molar-refractivity contribution in [3.8, 4) is 28.3 Å². The summed E-state index contributed by atoms with van der Waals surface area (Å²) in [5.41, 5.74) is 2.86. The minimum Gasteiger partial charge on any atom is -0.497 e. The van der Waals surface area contributed by atoms with Gasteiger partial charge in [-0.15, -0.1) is 32.9 Å². The SMILES string of the molecule is COC(=O)c1c(-c2ccc(OC)cc2)csc1NC(=O)CSc1nnc(-c2csc3ccccc23)n1C(C)C. The first-order valence-corrected chi connectivity index (χ1v) is 14.8. The average molecular weight is 579 g/mol. The van der Waals surface area contributed by atoms with E-state index in [4.69, 9.17) is 9.47 Å². The van der Waals surface area contributed by atoms with E-state index in [1.54, 1.807) is 18.4 Å². The van der Waals surface area contributed by atoms with Crippen molar-refractivity contribution in [3.63, 3.8) is 0 Å². The molecule has 1 N–H and O–H groups in total. The van der Waals surface area contributed by atoms with Crippen molar-refractivity contribution in [1.82, 2.24) is 14.8 Å². The van der Waals surface area contributed by atoms with Crippen molar-refractivity contribution in [2.75, 3.05) is 25.3 Å². The van der Waals surface area contributed by atoms with Gasteiger partial charge in [-0.05, 0) is 37.6 Å². The van der Waals surface area contributed by atoms with Gasteiger partial charge in [0.1, 0.15) is 16.3 Å². The smallest absolute Gasteiger partial charge is 0.341 e. The first-order valence-electron chi connectivity index (χ1n) is 12.1. The van der Waals surface area contributed by atoms with Crippen LogP contribution in [0.25, 0.3) is 32.6 Å². The third-order valence-electron chi connectivity index (χ3n) is 6.07. The van der Waals surface area contributed by atoms with Gasteiger partial charge in [0.15, 0.2) is 11.0 Å². The number of thioether (sulfide) groups is 1. The fourth-order valence-electron chi connectivity index (χ4n) is 4.21. The fourth-order valence-corrected chi connectivity index (χ4v) is 6.99. The number of aromatic nitrogens is 3. The molecule has 2 aromatic carbocycles. The molecule has 11 heteroatoms. The number of hydrogen-bond donors (Lipinski definition) is 1. The van der Waals surface area contributed by atoms with Gasteiger partial charge >= 0.3 is 5.97 Å².